The van der Waals surface area contributed by atoms with E-state index < -0.39 is 19.4 Å². The summed E-state index contributed by atoms with van der Waals surface area (Å²) >= 11 is 1.40. The monoisotopic (exact) mass is 608 g/mol. The molecule has 0 spiro atoms. The summed E-state index contributed by atoms with van der Waals surface area (Å²) < 4.78 is 32.0. The number of hydrogen-bond donors (Lipinski definition) is 1. The Hall–Kier alpha value is -3.76. The van der Waals surface area contributed by atoms with Crippen LogP contribution in [0.3, 0.4) is 0 Å². The first-order valence-electron chi connectivity index (χ1n) is 13.2. The van der Waals surface area contributed by atoms with Crippen LogP contribution in [-0.4, -0.2) is 67.1 Å². The van der Waals surface area contributed by atoms with Crippen LogP contribution in [0.5, 0.6) is 0 Å². The van der Waals surface area contributed by atoms with Gasteiger partial charge in [0.15, 0.2) is 0 Å². The van der Waals surface area contributed by atoms with Crippen LogP contribution in [0.25, 0.3) is 23.1 Å². The van der Waals surface area contributed by atoms with Crippen LogP contribution in [0, 0.1) is 5.92 Å². The lowest BCUT2D eigenvalue weighted by molar-refractivity contribution is -0.144. The SMILES string of the molecule is CNC(=O)c1ccccc1Sc1ccc2c(/C=C/c3ccccn3)nn(P(=O)(C[C@@H](C)C(=O)OC)OCCOC)c2c1. The molecule has 0 bridgehead atoms. The summed E-state index contributed by atoms with van der Waals surface area (Å²) in [6, 6.07) is 18.6. The van der Waals surface area contributed by atoms with E-state index in [0.29, 0.717) is 16.8 Å². The molecule has 0 aliphatic carbocycles. The van der Waals surface area contributed by atoms with Crippen molar-refractivity contribution in [2.75, 3.05) is 40.6 Å². The summed E-state index contributed by atoms with van der Waals surface area (Å²) in [7, 11) is 0.627. The second-order valence-electron chi connectivity index (χ2n) is 9.29. The van der Waals surface area contributed by atoms with Gasteiger partial charge in [-0.05, 0) is 54.6 Å². The molecule has 2 aromatic heterocycles. The van der Waals surface area contributed by atoms with Gasteiger partial charge in [0.25, 0.3) is 5.91 Å². The number of carbonyl (C=O) groups excluding carboxylic acids is 2. The quantitative estimate of drug-likeness (QED) is 0.117. The molecule has 0 fully saturated rings. The molecule has 4 aromatic rings. The Balaban J connectivity index is 1.85. The fourth-order valence-corrected chi connectivity index (χ4v) is 7.51. The van der Waals surface area contributed by atoms with Gasteiger partial charge in [-0.1, -0.05) is 36.9 Å². The van der Waals surface area contributed by atoms with Gasteiger partial charge in [-0.25, -0.2) is 0 Å². The third-order valence-corrected chi connectivity index (χ3v) is 9.87. The highest BCUT2D eigenvalue weighted by Crippen LogP contribution is 2.52. The molecule has 1 N–H and O–H groups in total. The van der Waals surface area contributed by atoms with E-state index in [1.54, 1.807) is 32.3 Å². The second kappa shape index (κ2) is 14.4. The van der Waals surface area contributed by atoms with Gasteiger partial charge in [0.2, 0.25) is 0 Å². The molecule has 42 heavy (non-hydrogen) atoms. The lowest BCUT2D eigenvalue weighted by Crippen LogP contribution is -2.21. The Bertz CT molecular complexity index is 1620. The van der Waals surface area contributed by atoms with Gasteiger partial charge in [-0.2, -0.15) is 9.55 Å². The molecule has 0 saturated heterocycles. The first-order valence-corrected chi connectivity index (χ1v) is 15.8. The summed E-state index contributed by atoms with van der Waals surface area (Å²) in [6.45, 7) is 1.89. The highest BCUT2D eigenvalue weighted by atomic mass is 32.2. The van der Waals surface area contributed by atoms with Gasteiger partial charge in [-0.15, -0.1) is 0 Å². The van der Waals surface area contributed by atoms with Crippen LogP contribution in [-0.2, 0) is 23.4 Å². The fourth-order valence-electron chi connectivity index (χ4n) is 4.24. The highest BCUT2D eigenvalue weighted by Gasteiger charge is 2.34. The van der Waals surface area contributed by atoms with Crippen molar-refractivity contribution >= 4 is 54.2 Å². The Morgan fingerprint density at radius 3 is 2.57 bits per heavy atom. The standard InChI is InChI=1S/C30H33N4O6PS/c1-21(30(36)39-4)20-41(37,40-18-17-38-3)34-27-19-23(42-28-11-6-5-10-25(28)29(35)31-2)13-14-24(27)26(33-34)15-12-22-9-7-8-16-32-22/h5-16,19,21H,17-18,20H2,1-4H3,(H,31,35)/b15-12+/t21-,41?/m1/s1. The van der Waals surface area contributed by atoms with E-state index >= 15 is 0 Å². The van der Waals surface area contributed by atoms with Crippen LogP contribution < -0.4 is 5.32 Å². The van der Waals surface area contributed by atoms with Gasteiger partial charge in [0.05, 0.1) is 54.9 Å². The lowest BCUT2D eigenvalue weighted by Gasteiger charge is -2.22. The molecular formula is C30H33N4O6PS. The van der Waals surface area contributed by atoms with E-state index in [0.717, 1.165) is 20.9 Å². The number of nitrogens with one attached hydrogen (secondary N) is 1. The first kappa shape index (κ1) is 31.2. The predicted molar refractivity (Wildman–Crippen MR) is 164 cm³/mol. The van der Waals surface area contributed by atoms with Crippen LogP contribution in [0.2, 0.25) is 0 Å². The molecule has 0 saturated carbocycles. The van der Waals surface area contributed by atoms with Gasteiger partial charge in [0.1, 0.15) is 0 Å². The minimum absolute atomic E-state index is 0.0378. The van der Waals surface area contributed by atoms with Crippen LogP contribution in [0.1, 0.15) is 28.7 Å². The third kappa shape index (κ3) is 7.35. The maximum Gasteiger partial charge on any atom is 0.317 e. The third-order valence-electron chi connectivity index (χ3n) is 6.33. The number of hydrogen-bond acceptors (Lipinski definition) is 9. The van der Waals surface area contributed by atoms with Crippen molar-refractivity contribution in [1.82, 2.24) is 19.9 Å². The number of fused-ring (bicyclic) bond motifs is 1. The number of amides is 1. The normalized spacial score (nSPS) is 13.6. The number of rotatable bonds is 13. The van der Waals surface area contributed by atoms with Crippen molar-refractivity contribution in [3.8, 4) is 0 Å². The first-order chi connectivity index (χ1) is 20.3. The number of benzene rings is 2. The maximum absolute atomic E-state index is 14.6. The molecular weight excluding hydrogens is 575 g/mol. The lowest BCUT2D eigenvalue weighted by atomic mass is 10.2. The number of nitrogens with zero attached hydrogens (tertiary/aromatic N) is 3. The molecule has 2 aromatic carbocycles. The van der Waals surface area contributed by atoms with E-state index in [2.05, 4.69) is 10.3 Å². The second-order valence-corrected chi connectivity index (χ2v) is 12.7. The molecule has 220 valence electrons. The van der Waals surface area contributed by atoms with Crippen molar-refractivity contribution in [1.29, 1.82) is 0 Å². The molecule has 2 atom stereocenters. The van der Waals surface area contributed by atoms with Crippen molar-refractivity contribution in [3.05, 3.63) is 83.8 Å². The molecule has 0 radical (unpaired) electrons. The molecule has 1 amide bonds. The Labute approximate surface area is 249 Å². The average Bonchev–Trinajstić information content (AvgIpc) is 3.38. The van der Waals surface area contributed by atoms with E-state index in [-0.39, 0.29) is 25.3 Å². The maximum atomic E-state index is 14.6. The molecule has 1 unspecified atom stereocenters. The zero-order valence-electron chi connectivity index (χ0n) is 23.9. The molecule has 4 rings (SSSR count). The van der Waals surface area contributed by atoms with Gasteiger partial charge in [-0.3, -0.25) is 19.1 Å². The predicted octanol–water partition coefficient (Wildman–Crippen LogP) is 5.63. The van der Waals surface area contributed by atoms with E-state index in [1.807, 2.05) is 60.7 Å². The van der Waals surface area contributed by atoms with Crippen molar-refractivity contribution in [2.45, 2.75) is 16.7 Å². The highest BCUT2D eigenvalue weighted by molar-refractivity contribution is 7.99. The topological polar surface area (TPSA) is 122 Å². The van der Waals surface area contributed by atoms with Gasteiger partial charge in [0, 0.05) is 35.5 Å². The van der Waals surface area contributed by atoms with Gasteiger partial charge >= 0.3 is 13.5 Å². The minimum atomic E-state index is -3.78. The van der Waals surface area contributed by atoms with Crippen molar-refractivity contribution in [3.63, 3.8) is 0 Å². The smallest absolute Gasteiger partial charge is 0.317 e. The number of pyridine rings is 1. The minimum Gasteiger partial charge on any atom is -0.469 e. The molecule has 12 heteroatoms. The summed E-state index contributed by atoms with van der Waals surface area (Å²) in [5.41, 5.74) is 2.38. The summed E-state index contributed by atoms with van der Waals surface area (Å²) in [5.74, 6) is -1.41. The Kier molecular flexibility index (Phi) is 10.7. The van der Waals surface area contributed by atoms with E-state index in [9.17, 15) is 14.2 Å². The summed E-state index contributed by atoms with van der Waals surface area (Å²) in [4.78, 5) is 30.7. The number of methoxy groups -OCH3 is 2. The molecule has 10 nitrogen and oxygen atoms in total. The molecule has 0 aliphatic heterocycles. The zero-order valence-corrected chi connectivity index (χ0v) is 25.6. The fraction of sp³-hybridized carbons (Fsp3) is 0.267. The number of esters is 1. The van der Waals surface area contributed by atoms with Crippen LogP contribution in [0.4, 0.5) is 0 Å². The number of aromatic nitrogens is 3. The Morgan fingerprint density at radius 2 is 1.86 bits per heavy atom. The summed E-state index contributed by atoms with van der Waals surface area (Å²) in [6.07, 6.45) is 5.20. The molecule has 2 heterocycles. The van der Waals surface area contributed by atoms with Crippen molar-refractivity contribution < 1.29 is 28.2 Å². The number of carbonyl (C=O) groups is 2. The zero-order chi connectivity index (χ0) is 30.1. The van der Waals surface area contributed by atoms with E-state index in [1.165, 1.54) is 30.4 Å². The van der Waals surface area contributed by atoms with Crippen LogP contribution >= 0.6 is 19.3 Å². The average molecular weight is 609 g/mol. The summed E-state index contributed by atoms with van der Waals surface area (Å²) in [5, 5.41) is 8.15. The largest absolute Gasteiger partial charge is 0.469 e. The Morgan fingerprint density at radius 1 is 1.07 bits per heavy atom. The van der Waals surface area contributed by atoms with Gasteiger partial charge < -0.3 is 19.3 Å². The van der Waals surface area contributed by atoms with Crippen LogP contribution in [0.15, 0.2) is 76.7 Å². The number of ether oxygens (including phenoxy) is 2. The van der Waals surface area contributed by atoms with Crippen molar-refractivity contribution in [2.24, 2.45) is 5.92 Å². The van der Waals surface area contributed by atoms with E-state index in [4.69, 9.17) is 19.1 Å². The molecule has 0 aliphatic rings.